The number of aliphatic hydroxyl groups is 1. The van der Waals surface area contributed by atoms with Crippen molar-refractivity contribution >= 4 is 0 Å². The van der Waals surface area contributed by atoms with Crippen LogP contribution in [0.5, 0.6) is 0 Å². The summed E-state index contributed by atoms with van der Waals surface area (Å²) < 4.78 is 2.35. The van der Waals surface area contributed by atoms with Crippen LogP contribution in [0.3, 0.4) is 0 Å². The van der Waals surface area contributed by atoms with Gasteiger partial charge in [-0.3, -0.25) is 0 Å². The fourth-order valence-corrected chi connectivity index (χ4v) is 3.36. The fourth-order valence-electron chi connectivity index (χ4n) is 3.36. The van der Waals surface area contributed by atoms with Gasteiger partial charge in [0.05, 0.1) is 6.10 Å². The molecule has 2 aromatic heterocycles. The summed E-state index contributed by atoms with van der Waals surface area (Å²) in [5.41, 5.74) is 3.83. The number of aromatic amines is 1. The van der Waals surface area contributed by atoms with Crippen LogP contribution in [0, 0.1) is 12.3 Å². The molecule has 1 aliphatic carbocycles. The number of H-pyrrole nitrogens is 1. The first kappa shape index (κ1) is 13.4. The zero-order chi connectivity index (χ0) is 14.3. The van der Waals surface area contributed by atoms with E-state index in [-0.39, 0.29) is 11.5 Å². The number of aliphatic hydroxyl groups excluding tert-OH is 1. The first-order valence-electron chi connectivity index (χ1n) is 7.31. The summed E-state index contributed by atoms with van der Waals surface area (Å²) in [6, 6.07) is 2.15. The fraction of sp³-hybridized carbons (Fsp3) is 0.562. The van der Waals surface area contributed by atoms with Crippen molar-refractivity contribution in [1.29, 1.82) is 0 Å². The van der Waals surface area contributed by atoms with Crippen LogP contribution in [0.2, 0.25) is 0 Å². The number of fused-ring (bicyclic) bond motifs is 1. The number of aryl methyl sites for hydroxylation is 2. The number of imidazole rings is 1. The van der Waals surface area contributed by atoms with E-state index in [4.69, 9.17) is 0 Å². The molecule has 0 aromatic carbocycles. The molecule has 0 fully saturated rings. The molecular weight excluding hydrogens is 250 g/mol. The molecule has 1 aliphatic rings. The van der Waals surface area contributed by atoms with E-state index < -0.39 is 0 Å². The summed E-state index contributed by atoms with van der Waals surface area (Å²) in [6.07, 6.45) is 6.11. The Hall–Kier alpha value is -1.55. The van der Waals surface area contributed by atoms with Gasteiger partial charge in [-0.05, 0) is 31.2 Å². The number of aromatic nitrogens is 3. The third kappa shape index (κ3) is 2.40. The molecule has 4 heteroatoms. The quantitative estimate of drug-likeness (QED) is 0.903. The average Bonchev–Trinajstić information content (AvgIpc) is 2.94. The standard InChI is InChI=1S/C16H23N3O/c1-11-8-12-13(9-16(2,3)10-14(12)20)19(11)7-4-15-17-5-6-18-15/h5-6,8,14,20H,4,7,9-10H2,1-3H3,(H,17,18). The minimum Gasteiger partial charge on any atom is -0.388 e. The summed E-state index contributed by atoms with van der Waals surface area (Å²) in [6.45, 7) is 7.51. The van der Waals surface area contributed by atoms with Crippen molar-refractivity contribution in [2.75, 3.05) is 0 Å². The molecule has 0 spiro atoms. The van der Waals surface area contributed by atoms with E-state index in [0.29, 0.717) is 0 Å². The van der Waals surface area contributed by atoms with Gasteiger partial charge in [-0.15, -0.1) is 0 Å². The van der Waals surface area contributed by atoms with Crippen molar-refractivity contribution in [3.8, 4) is 0 Å². The Balaban J connectivity index is 1.88. The van der Waals surface area contributed by atoms with Gasteiger partial charge in [-0.1, -0.05) is 13.8 Å². The van der Waals surface area contributed by atoms with E-state index in [2.05, 4.69) is 41.4 Å². The van der Waals surface area contributed by atoms with Gasteiger partial charge in [-0.25, -0.2) is 4.98 Å². The second kappa shape index (κ2) is 4.77. The predicted molar refractivity (Wildman–Crippen MR) is 78.5 cm³/mol. The second-order valence-electron chi connectivity index (χ2n) is 6.69. The average molecular weight is 273 g/mol. The Bertz CT molecular complexity index is 596. The number of hydrogen-bond donors (Lipinski definition) is 2. The lowest BCUT2D eigenvalue weighted by molar-refractivity contribution is 0.0979. The van der Waals surface area contributed by atoms with Crippen LogP contribution in [-0.2, 0) is 19.4 Å². The number of nitrogens with one attached hydrogen (secondary N) is 1. The maximum Gasteiger partial charge on any atom is 0.107 e. The summed E-state index contributed by atoms with van der Waals surface area (Å²) >= 11 is 0. The van der Waals surface area contributed by atoms with Crippen LogP contribution in [0.25, 0.3) is 0 Å². The number of nitrogens with zero attached hydrogens (tertiary/aromatic N) is 2. The first-order chi connectivity index (χ1) is 9.46. The minimum absolute atomic E-state index is 0.166. The van der Waals surface area contributed by atoms with Gasteiger partial charge >= 0.3 is 0 Å². The molecule has 2 N–H and O–H groups in total. The summed E-state index contributed by atoms with van der Waals surface area (Å²) in [5, 5.41) is 10.4. The van der Waals surface area contributed by atoms with Gasteiger partial charge in [0.2, 0.25) is 0 Å². The number of hydrogen-bond acceptors (Lipinski definition) is 2. The van der Waals surface area contributed by atoms with Gasteiger partial charge in [0.25, 0.3) is 0 Å². The molecule has 20 heavy (non-hydrogen) atoms. The predicted octanol–water partition coefficient (Wildman–Crippen LogP) is 2.77. The van der Waals surface area contributed by atoms with E-state index in [9.17, 15) is 5.11 Å². The highest BCUT2D eigenvalue weighted by atomic mass is 16.3. The molecule has 1 unspecified atom stereocenters. The molecule has 0 bridgehead atoms. The molecule has 4 nitrogen and oxygen atoms in total. The third-order valence-corrected chi connectivity index (χ3v) is 4.33. The van der Waals surface area contributed by atoms with Crippen LogP contribution in [0.4, 0.5) is 0 Å². The van der Waals surface area contributed by atoms with Crippen molar-refractivity contribution < 1.29 is 5.11 Å². The Labute approximate surface area is 119 Å². The lowest BCUT2D eigenvalue weighted by Gasteiger charge is -2.34. The van der Waals surface area contributed by atoms with Crippen LogP contribution in [0.15, 0.2) is 18.5 Å². The van der Waals surface area contributed by atoms with Crippen molar-refractivity contribution in [1.82, 2.24) is 14.5 Å². The molecule has 0 aliphatic heterocycles. The van der Waals surface area contributed by atoms with Gasteiger partial charge in [-0.2, -0.15) is 0 Å². The monoisotopic (exact) mass is 273 g/mol. The molecule has 1 atom stereocenters. The smallest absolute Gasteiger partial charge is 0.107 e. The van der Waals surface area contributed by atoms with E-state index >= 15 is 0 Å². The van der Waals surface area contributed by atoms with Gasteiger partial charge < -0.3 is 14.7 Å². The molecule has 0 amide bonds. The lowest BCUT2D eigenvalue weighted by atomic mass is 9.75. The first-order valence-corrected chi connectivity index (χ1v) is 7.31. The van der Waals surface area contributed by atoms with Gasteiger partial charge in [0.15, 0.2) is 0 Å². The van der Waals surface area contributed by atoms with Gasteiger partial charge in [0, 0.05) is 42.3 Å². The van der Waals surface area contributed by atoms with Crippen molar-refractivity contribution in [3.63, 3.8) is 0 Å². The Morgan fingerprint density at radius 3 is 3.00 bits per heavy atom. The van der Waals surface area contributed by atoms with Crippen molar-refractivity contribution in [2.24, 2.45) is 5.41 Å². The maximum absolute atomic E-state index is 10.4. The van der Waals surface area contributed by atoms with E-state index in [1.54, 1.807) is 6.20 Å². The SMILES string of the molecule is Cc1cc2c(n1CCc1ncc[nH]1)CC(C)(C)CC2O. The van der Waals surface area contributed by atoms with Crippen molar-refractivity contribution in [3.05, 3.63) is 41.2 Å². The maximum atomic E-state index is 10.4. The van der Waals surface area contributed by atoms with E-state index in [1.165, 1.54) is 11.4 Å². The molecular formula is C16H23N3O. The molecule has 3 rings (SSSR count). The van der Waals surface area contributed by atoms with Crippen molar-refractivity contribution in [2.45, 2.75) is 52.7 Å². The third-order valence-electron chi connectivity index (χ3n) is 4.33. The zero-order valence-corrected chi connectivity index (χ0v) is 12.5. The normalized spacial score (nSPS) is 20.9. The topological polar surface area (TPSA) is 53.8 Å². The van der Waals surface area contributed by atoms with E-state index in [0.717, 1.165) is 37.2 Å². The van der Waals surface area contributed by atoms with Gasteiger partial charge in [0.1, 0.15) is 5.82 Å². The van der Waals surface area contributed by atoms with Crippen LogP contribution < -0.4 is 0 Å². The highest BCUT2D eigenvalue weighted by Gasteiger charge is 2.33. The summed E-state index contributed by atoms with van der Waals surface area (Å²) in [5.74, 6) is 1.02. The number of rotatable bonds is 3. The van der Waals surface area contributed by atoms with Crippen LogP contribution in [-0.4, -0.2) is 19.6 Å². The lowest BCUT2D eigenvalue weighted by Crippen LogP contribution is -2.27. The Morgan fingerprint density at radius 1 is 1.50 bits per heavy atom. The Morgan fingerprint density at radius 2 is 2.30 bits per heavy atom. The zero-order valence-electron chi connectivity index (χ0n) is 12.5. The highest BCUT2D eigenvalue weighted by molar-refractivity contribution is 5.33. The van der Waals surface area contributed by atoms with Crippen LogP contribution >= 0.6 is 0 Å². The minimum atomic E-state index is -0.322. The highest BCUT2D eigenvalue weighted by Crippen LogP contribution is 2.41. The summed E-state index contributed by atoms with van der Waals surface area (Å²) in [4.78, 5) is 7.43. The Kier molecular flexibility index (Phi) is 3.21. The summed E-state index contributed by atoms with van der Waals surface area (Å²) in [7, 11) is 0. The largest absolute Gasteiger partial charge is 0.388 e. The molecule has 108 valence electrons. The molecule has 2 heterocycles. The van der Waals surface area contributed by atoms with E-state index in [1.807, 2.05) is 6.20 Å². The van der Waals surface area contributed by atoms with Crippen LogP contribution in [0.1, 0.15) is 49.1 Å². The molecule has 0 saturated heterocycles. The second-order valence-corrected chi connectivity index (χ2v) is 6.69. The molecule has 2 aromatic rings. The molecule has 0 saturated carbocycles. The molecule has 0 radical (unpaired) electrons.